The Bertz CT molecular complexity index is 281. The lowest BCUT2D eigenvalue weighted by molar-refractivity contribution is -0.123. The predicted molar refractivity (Wildman–Crippen MR) is 61.6 cm³/mol. The molecular formula is C11H21N3O3. The Hall–Kier alpha value is -0.690. The summed E-state index contributed by atoms with van der Waals surface area (Å²) in [5.74, 6) is -0.0915. The summed E-state index contributed by atoms with van der Waals surface area (Å²) in [6.45, 7) is 3.73. The van der Waals surface area contributed by atoms with E-state index in [2.05, 4.69) is 10.2 Å². The number of hydrogen-bond donors (Lipinski definition) is 3. The molecule has 2 saturated heterocycles. The summed E-state index contributed by atoms with van der Waals surface area (Å²) in [7, 11) is 0. The van der Waals surface area contributed by atoms with Crippen LogP contribution in [0, 0.1) is 0 Å². The molecule has 0 radical (unpaired) electrons. The van der Waals surface area contributed by atoms with Gasteiger partial charge in [-0.2, -0.15) is 5.06 Å². The van der Waals surface area contributed by atoms with Crippen molar-refractivity contribution in [1.82, 2.24) is 15.3 Å². The van der Waals surface area contributed by atoms with Crippen molar-refractivity contribution in [2.45, 2.75) is 37.9 Å². The Morgan fingerprint density at radius 2 is 2.06 bits per heavy atom. The molecule has 0 spiro atoms. The van der Waals surface area contributed by atoms with E-state index in [1.54, 1.807) is 0 Å². The van der Waals surface area contributed by atoms with E-state index in [4.69, 9.17) is 0 Å². The van der Waals surface area contributed by atoms with Gasteiger partial charge in [0.25, 0.3) is 0 Å². The number of amides is 1. The van der Waals surface area contributed by atoms with Crippen LogP contribution in [0.3, 0.4) is 0 Å². The summed E-state index contributed by atoms with van der Waals surface area (Å²) >= 11 is 0. The maximum atomic E-state index is 11.2. The number of hydrogen-bond acceptors (Lipinski definition) is 5. The van der Waals surface area contributed by atoms with Crippen molar-refractivity contribution in [3.63, 3.8) is 0 Å². The first-order chi connectivity index (χ1) is 8.13. The number of nitrogens with zero attached hydrogens (tertiary/aromatic N) is 2. The van der Waals surface area contributed by atoms with Gasteiger partial charge >= 0.3 is 0 Å². The highest BCUT2D eigenvalue weighted by Crippen LogP contribution is 2.25. The third-order valence-electron chi connectivity index (χ3n) is 3.71. The van der Waals surface area contributed by atoms with Crippen molar-refractivity contribution in [1.29, 1.82) is 0 Å². The third-order valence-corrected chi connectivity index (χ3v) is 3.71. The molecule has 3 N–H and O–H groups in total. The van der Waals surface area contributed by atoms with Gasteiger partial charge in [0.1, 0.15) is 0 Å². The van der Waals surface area contributed by atoms with Gasteiger partial charge in [0.05, 0.1) is 24.7 Å². The molecule has 2 aliphatic heterocycles. The fraction of sp³-hybridized carbons (Fsp3) is 0.909. The SMILES string of the molecule is CC(=O)NC1CN(O)C(CO)C1N1CCCC1. The van der Waals surface area contributed by atoms with E-state index in [1.165, 1.54) is 6.92 Å². The first-order valence-corrected chi connectivity index (χ1v) is 6.21. The highest BCUT2D eigenvalue weighted by molar-refractivity contribution is 5.73. The predicted octanol–water partition coefficient (Wildman–Crippen LogP) is -0.979. The van der Waals surface area contributed by atoms with E-state index >= 15 is 0 Å². The number of aliphatic hydroxyl groups excluding tert-OH is 1. The normalized spacial score (nSPS) is 35.4. The van der Waals surface area contributed by atoms with Crippen molar-refractivity contribution >= 4 is 5.91 Å². The minimum absolute atomic E-state index is 0.0106. The van der Waals surface area contributed by atoms with E-state index in [0.717, 1.165) is 31.0 Å². The molecule has 0 aromatic rings. The number of aliphatic hydroxyl groups is 1. The summed E-state index contributed by atoms with van der Waals surface area (Å²) in [6, 6.07) is -0.394. The van der Waals surface area contributed by atoms with E-state index < -0.39 is 0 Å². The van der Waals surface area contributed by atoms with Crippen LogP contribution in [-0.4, -0.2) is 70.6 Å². The van der Waals surface area contributed by atoms with Crippen LogP contribution in [0.5, 0.6) is 0 Å². The maximum Gasteiger partial charge on any atom is 0.217 e. The van der Waals surface area contributed by atoms with Gasteiger partial charge < -0.3 is 15.6 Å². The first kappa shape index (κ1) is 12.8. The highest BCUT2D eigenvalue weighted by atomic mass is 16.5. The second-order valence-corrected chi connectivity index (χ2v) is 4.91. The van der Waals surface area contributed by atoms with Crippen LogP contribution in [0.15, 0.2) is 0 Å². The first-order valence-electron chi connectivity index (χ1n) is 6.21. The Labute approximate surface area is 101 Å². The summed E-state index contributed by atoms with van der Waals surface area (Å²) in [5.41, 5.74) is 0. The van der Waals surface area contributed by atoms with Crippen molar-refractivity contribution < 1.29 is 15.1 Å². The summed E-state index contributed by atoms with van der Waals surface area (Å²) in [6.07, 6.45) is 2.29. The Morgan fingerprint density at radius 1 is 1.41 bits per heavy atom. The average molecular weight is 243 g/mol. The van der Waals surface area contributed by atoms with Gasteiger partial charge in [0, 0.05) is 13.5 Å². The molecule has 98 valence electrons. The molecule has 0 aromatic heterocycles. The monoisotopic (exact) mass is 243 g/mol. The van der Waals surface area contributed by atoms with Crippen molar-refractivity contribution in [2.75, 3.05) is 26.2 Å². The molecule has 2 aliphatic rings. The van der Waals surface area contributed by atoms with E-state index in [0.29, 0.717) is 6.54 Å². The maximum absolute atomic E-state index is 11.2. The van der Waals surface area contributed by atoms with Gasteiger partial charge in [-0.15, -0.1) is 0 Å². The van der Waals surface area contributed by atoms with E-state index in [9.17, 15) is 15.1 Å². The number of carbonyl (C=O) groups is 1. The summed E-state index contributed by atoms with van der Waals surface area (Å²) in [5, 5.41) is 23.2. The fourth-order valence-electron chi connectivity index (χ4n) is 3.02. The molecule has 0 saturated carbocycles. The average Bonchev–Trinajstić information content (AvgIpc) is 2.84. The molecule has 2 fully saturated rings. The zero-order valence-electron chi connectivity index (χ0n) is 10.2. The number of nitrogens with one attached hydrogen (secondary N) is 1. The lowest BCUT2D eigenvalue weighted by Gasteiger charge is -2.32. The Morgan fingerprint density at radius 3 is 2.59 bits per heavy atom. The molecule has 3 unspecified atom stereocenters. The van der Waals surface area contributed by atoms with Crippen molar-refractivity contribution in [3.8, 4) is 0 Å². The number of carbonyl (C=O) groups excluding carboxylic acids is 1. The number of hydroxylamine groups is 2. The fourth-order valence-corrected chi connectivity index (χ4v) is 3.02. The molecule has 0 aliphatic carbocycles. The van der Waals surface area contributed by atoms with Crippen molar-refractivity contribution in [2.24, 2.45) is 0 Å². The minimum Gasteiger partial charge on any atom is -0.395 e. The Balaban J connectivity index is 2.10. The van der Waals surface area contributed by atoms with Crippen LogP contribution in [-0.2, 0) is 4.79 Å². The third kappa shape index (κ3) is 2.60. The van der Waals surface area contributed by atoms with Gasteiger partial charge in [0.15, 0.2) is 0 Å². The molecule has 2 heterocycles. The van der Waals surface area contributed by atoms with Gasteiger partial charge in [0.2, 0.25) is 5.91 Å². The van der Waals surface area contributed by atoms with Gasteiger partial charge in [-0.1, -0.05) is 0 Å². The molecule has 1 amide bonds. The lowest BCUT2D eigenvalue weighted by atomic mass is 10.0. The Kier molecular flexibility index (Phi) is 3.98. The molecule has 6 heteroatoms. The van der Waals surface area contributed by atoms with E-state index in [-0.39, 0.29) is 30.6 Å². The zero-order chi connectivity index (χ0) is 12.4. The van der Waals surface area contributed by atoms with Crippen molar-refractivity contribution in [3.05, 3.63) is 0 Å². The van der Waals surface area contributed by atoms with Crippen LogP contribution < -0.4 is 5.32 Å². The summed E-state index contributed by atoms with van der Waals surface area (Å²) in [4.78, 5) is 13.4. The quantitative estimate of drug-likeness (QED) is 0.594. The largest absolute Gasteiger partial charge is 0.395 e. The standard InChI is InChI=1S/C11H21N3O3/c1-8(16)12-9-6-14(17)10(7-15)11(9)13-4-2-3-5-13/h9-11,15,17H,2-7H2,1H3,(H,12,16). The second kappa shape index (κ2) is 5.30. The van der Waals surface area contributed by atoms with Gasteiger partial charge in [-0.3, -0.25) is 9.69 Å². The van der Waals surface area contributed by atoms with Crippen LogP contribution in [0.25, 0.3) is 0 Å². The molecular weight excluding hydrogens is 222 g/mol. The minimum atomic E-state index is -0.301. The van der Waals surface area contributed by atoms with Crippen LogP contribution in [0.2, 0.25) is 0 Å². The highest BCUT2D eigenvalue weighted by Gasteiger charge is 2.45. The number of likely N-dealkylation sites (tertiary alicyclic amines) is 1. The molecule has 17 heavy (non-hydrogen) atoms. The molecule has 6 nitrogen and oxygen atoms in total. The van der Waals surface area contributed by atoms with Crippen LogP contribution >= 0.6 is 0 Å². The van der Waals surface area contributed by atoms with Gasteiger partial charge in [-0.05, 0) is 25.9 Å². The zero-order valence-corrected chi connectivity index (χ0v) is 10.2. The molecule has 2 rings (SSSR count). The van der Waals surface area contributed by atoms with E-state index in [1.807, 2.05) is 0 Å². The van der Waals surface area contributed by atoms with Crippen LogP contribution in [0.1, 0.15) is 19.8 Å². The summed E-state index contributed by atoms with van der Waals surface area (Å²) < 4.78 is 0. The topological polar surface area (TPSA) is 76.0 Å². The molecule has 3 atom stereocenters. The second-order valence-electron chi connectivity index (χ2n) is 4.91. The molecule has 0 aromatic carbocycles. The molecule has 0 bridgehead atoms. The van der Waals surface area contributed by atoms with Crippen LogP contribution in [0.4, 0.5) is 0 Å². The van der Waals surface area contributed by atoms with Gasteiger partial charge in [-0.25, -0.2) is 0 Å². The number of rotatable bonds is 3. The smallest absolute Gasteiger partial charge is 0.217 e. The lowest BCUT2D eigenvalue weighted by Crippen LogP contribution is -2.53.